The first kappa shape index (κ1) is 12.7. The monoisotopic (exact) mass is 284 g/mol. The van der Waals surface area contributed by atoms with Crippen LogP contribution in [0.1, 0.15) is 0 Å². The number of benzene rings is 2. The van der Waals surface area contributed by atoms with Crippen molar-refractivity contribution in [2.24, 2.45) is 0 Å². The van der Waals surface area contributed by atoms with Crippen LogP contribution in [0.15, 0.2) is 48.5 Å². The van der Waals surface area contributed by atoms with Crippen LogP contribution in [0.25, 0.3) is 10.9 Å². The Kier molecular flexibility index (Phi) is 3.39. The predicted octanol–water partition coefficient (Wildman–Crippen LogP) is 4.07. The van der Waals surface area contributed by atoms with Gasteiger partial charge >= 0.3 is 0 Å². The van der Waals surface area contributed by atoms with E-state index in [1.54, 1.807) is 7.05 Å². The molecule has 3 aromatic rings. The third kappa shape index (κ3) is 2.51. The number of hydrogen-bond acceptors (Lipinski definition) is 4. The van der Waals surface area contributed by atoms with Crippen molar-refractivity contribution in [1.29, 1.82) is 0 Å². The lowest BCUT2D eigenvalue weighted by atomic mass is 10.2. The SMILES string of the molecule is CNc1nc(Nc2cccc(Cl)c2)c2ccccc2n1. The molecule has 4 nitrogen and oxygen atoms in total. The van der Waals surface area contributed by atoms with Crippen LogP contribution < -0.4 is 10.6 Å². The van der Waals surface area contributed by atoms with Gasteiger partial charge in [0.05, 0.1) is 5.52 Å². The number of para-hydroxylation sites is 1. The number of nitrogens with one attached hydrogen (secondary N) is 2. The highest BCUT2D eigenvalue weighted by atomic mass is 35.5. The average molecular weight is 285 g/mol. The molecule has 100 valence electrons. The van der Waals surface area contributed by atoms with Crippen molar-refractivity contribution in [1.82, 2.24) is 9.97 Å². The lowest BCUT2D eigenvalue weighted by Gasteiger charge is -2.10. The van der Waals surface area contributed by atoms with E-state index in [1.165, 1.54) is 0 Å². The van der Waals surface area contributed by atoms with Crippen LogP contribution in [0.2, 0.25) is 5.02 Å². The molecule has 0 aliphatic carbocycles. The molecule has 0 unspecified atom stereocenters. The van der Waals surface area contributed by atoms with Gasteiger partial charge in [-0.3, -0.25) is 0 Å². The number of fused-ring (bicyclic) bond motifs is 1. The first-order chi connectivity index (χ1) is 9.76. The molecule has 0 bridgehead atoms. The van der Waals surface area contributed by atoms with Crippen molar-refractivity contribution in [2.75, 3.05) is 17.7 Å². The standard InChI is InChI=1S/C15H13ClN4/c1-17-15-19-13-8-3-2-7-12(13)14(20-15)18-11-6-4-5-10(16)9-11/h2-9H,1H3,(H2,17,18,19,20). The van der Waals surface area contributed by atoms with Gasteiger partial charge in [0.25, 0.3) is 0 Å². The molecule has 3 rings (SSSR count). The van der Waals surface area contributed by atoms with E-state index < -0.39 is 0 Å². The lowest BCUT2D eigenvalue weighted by molar-refractivity contribution is 1.19. The quantitative estimate of drug-likeness (QED) is 0.761. The maximum absolute atomic E-state index is 6.00. The van der Waals surface area contributed by atoms with Crippen LogP contribution in [0.3, 0.4) is 0 Å². The fraction of sp³-hybridized carbons (Fsp3) is 0.0667. The number of hydrogen-bond donors (Lipinski definition) is 2. The Balaban J connectivity index is 2.10. The largest absolute Gasteiger partial charge is 0.357 e. The number of aromatic nitrogens is 2. The third-order valence-electron chi connectivity index (χ3n) is 2.91. The van der Waals surface area contributed by atoms with Crippen molar-refractivity contribution < 1.29 is 0 Å². The zero-order valence-electron chi connectivity index (χ0n) is 10.9. The van der Waals surface area contributed by atoms with Crippen molar-refractivity contribution in [3.8, 4) is 0 Å². The van der Waals surface area contributed by atoms with Crippen LogP contribution in [0, 0.1) is 0 Å². The van der Waals surface area contributed by atoms with E-state index in [4.69, 9.17) is 11.6 Å². The zero-order chi connectivity index (χ0) is 13.9. The van der Waals surface area contributed by atoms with Gasteiger partial charge in [0.1, 0.15) is 5.82 Å². The molecule has 1 heterocycles. The van der Waals surface area contributed by atoms with Crippen molar-refractivity contribution >= 4 is 40.0 Å². The predicted molar refractivity (Wildman–Crippen MR) is 83.8 cm³/mol. The summed E-state index contributed by atoms with van der Waals surface area (Å²) in [5, 5.41) is 7.90. The molecule has 0 radical (unpaired) electrons. The molecule has 0 spiro atoms. The summed E-state index contributed by atoms with van der Waals surface area (Å²) >= 11 is 6.00. The van der Waals surface area contributed by atoms with Gasteiger partial charge in [0, 0.05) is 23.1 Å². The summed E-state index contributed by atoms with van der Waals surface area (Å²) in [6.45, 7) is 0. The second-order valence-electron chi connectivity index (χ2n) is 4.30. The van der Waals surface area contributed by atoms with E-state index >= 15 is 0 Å². The van der Waals surface area contributed by atoms with E-state index in [9.17, 15) is 0 Å². The fourth-order valence-corrected chi connectivity index (χ4v) is 2.18. The summed E-state index contributed by atoms with van der Waals surface area (Å²) in [5.41, 5.74) is 1.78. The first-order valence-electron chi connectivity index (χ1n) is 6.23. The minimum atomic E-state index is 0.577. The first-order valence-corrected chi connectivity index (χ1v) is 6.61. The Bertz CT molecular complexity index is 758. The third-order valence-corrected chi connectivity index (χ3v) is 3.15. The lowest BCUT2D eigenvalue weighted by Crippen LogP contribution is -2.01. The van der Waals surface area contributed by atoms with Gasteiger partial charge in [-0.1, -0.05) is 29.8 Å². The van der Waals surface area contributed by atoms with Crippen molar-refractivity contribution in [2.45, 2.75) is 0 Å². The summed E-state index contributed by atoms with van der Waals surface area (Å²) in [5.74, 6) is 1.33. The van der Waals surface area contributed by atoms with E-state index in [-0.39, 0.29) is 0 Å². The van der Waals surface area contributed by atoms with E-state index in [1.807, 2.05) is 48.5 Å². The Morgan fingerprint density at radius 2 is 1.85 bits per heavy atom. The Morgan fingerprint density at radius 1 is 1.00 bits per heavy atom. The average Bonchev–Trinajstić information content (AvgIpc) is 2.47. The van der Waals surface area contributed by atoms with Gasteiger partial charge in [0.15, 0.2) is 0 Å². The molecular weight excluding hydrogens is 272 g/mol. The van der Waals surface area contributed by atoms with E-state index in [0.717, 1.165) is 22.4 Å². The second kappa shape index (κ2) is 5.35. The van der Waals surface area contributed by atoms with Crippen LogP contribution in [-0.2, 0) is 0 Å². The number of rotatable bonds is 3. The molecule has 1 aromatic heterocycles. The molecule has 0 amide bonds. The fourth-order valence-electron chi connectivity index (χ4n) is 1.99. The van der Waals surface area contributed by atoms with Crippen LogP contribution in [-0.4, -0.2) is 17.0 Å². The molecule has 5 heteroatoms. The molecule has 0 saturated carbocycles. The molecule has 20 heavy (non-hydrogen) atoms. The van der Waals surface area contributed by atoms with Crippen LogP contribution in [0.4, 0.5) is 17.5 Å². The summed E-state index contributed by atoms with van der Waals surface area (Å²) in [4.78, 5) is 8.89. The van der Waals surface area contributed by atoms with Gasteiger partial charge in [-0.2, -0.15) is 4.98 Å². The summed E-state index contributed by atoms with van der Waals surface area (Å²) in [6, 6.07) is 15.4. The molecule has 0 saturated heterocycles. The van der Waals surface area contributed by atoms with Crippen LogP contribution in [0.5, 0.6) is 0 Å². The second-order valence-corrected chi connectivity index (χ2v) is 4.73. The summed E-state index contributed by atoms with van der Waals surface area (Å²) in [7, 11) is 1.80. The molecule has 0 aliphatic rings. The Labute approximate surface area is 121 Å². The minimum Gasteiger partial charge on any atom is -0.357 e. The molecule has 2 aromatic carbocycles. The number of halogens is 1. The van der Waals surface area contributed by atoms with Gasteiger partial charge in [-0.15, -0.1) is 0 Å². The topological polar surface area (TPSA) is 49.8 Å². The Hall–Kier alpha value is -2.33. The zero-order valence-corrected chi connectivity index (χ0v) is 11.6. The highest BCUT2D eigenvalue weighted by molar-refractivity contribution is 6.30. The highest BCUT2D eigenvalue weighted by Gasteiger charge is 2.07. The highest BCUT2D eigenvalue weighted by Crippen LogP contribution is 2.26. The van der Waals surface area contributed by atoms with E-state index in [0.29, 0.717) is 11.0 Å². The number of anilines is 3. The van der Waals surface area contributed by atoms with Gasteiger partial charge in [-0.05, 0) is 30.3 Å². The molecular formula is C15H13ClN4. The molecule has 2 N–H and O–H groups in total. The molecule has 0 fully saturated rings. The van der Waals surface area contributed by atoms with E-state index in [2.05, 4.69) is 20.6 Å². The minimum absolute atomic E-state index is 0.577. The van der Waals surface area contributed by atoms with Crippen molar-refractivity contribution in [3.05, 3.63) is 53.6 Å². The van der Waals surface area contributed by atoms with Gasteiger partial charge in [0.2, 0.25) is 5.95 Å². The maximum atomic E-state index is 6.00. The smallest absolute Gasteiger partial charge is 0.224 e. The Morgan fingerprint density at radius 3 is 2.65 bits per heavy atom. The molecule has 0 aliphatic heterocycles. The van der Waals surface area contributed by atoms with Crippen molar-refractivity contribution in [3.63, 3.8) is 0 Å². The summed E-state index contributed by atoms with van der Waals surface area (Å²) in [6.07, 6.45) is 0. The van der Waals surface area contributed by atoms with Crippen LogP contribution >= 0.6 is 11.6 Å². The molecule has 0 atom stereocenters. The maximum Gasteiger partial charge on any atom is 0.224 e. The van der Waals surface area contributed by atoms with Gasteiger partial charge < -0.3 is 10.6 Å². The number of nitrogens with zero attached hydrogens (tertiary/aromatic N) is 2. The summed E-state index contributed by atoms with van der Waals surface area (Å²) < 4.78 is 0. The van der Waals surface area contributed by atoms with Gasteiger partial charge in [-0.25, -0.2) is 4.98 Å². The normalized spacial score (nSPS) is 10.5.